The molecule has 1 fully saturated rings. The second-order valence-electron chi connectivity index (χ2n) is 8.82. The van der Waals surface area contributed by atoms with Crippen LogP contribution in [-0.4, -0.2) is 31.6 Å². The van der Waals surface area contributed by atoms with Crippen LogP contribution in [0.5, 0.6) is 0 Å². The Labute approximate surface area is 201 Å². The van der Waals surface area contributed by atoms with E-state index in [-0.39, 0.29) is 11.9 Å². The zero-order chi connectivity index (χ0) is 23.9. The number of rotatable bonds is 7. The third kappa shape index (κ3) is 5.95. The number of urea groups is 1. The first-order chi connectivity index (χ1) is 16.5. The number of carbonyl (C=O) groups is 2. The fourth-order valence-electron chi connectivity index (χ4n) is 4.33. The summed E-state index contributed by atoms with van der Waals surface area (Å²) in [4.78, 5) is 28.0. The fourth-order valence-corrected chi connectivity index (χ4v) is 4.33. The van der Waals surface area contributed by atoms with Crippen molar-refractivity contribution in [1.29, 1.82) is 0 Å². The predicted molar refractivity (Wildman–Crippen MR) is 139 cm³/mol. The van der Waals surface area contributed by atoms with Crippen LogP contribution >= 0.6 is 0 Å². The zero-order valence-corrected chi connectivity index (χ0v) is 19.9. The number of nitrogens with zero attached hydrogens (tertiary/aromatic N) is 1. The van der Waals surface area contributed by atoms with E-state index in [0.717, 1.165) is 54.9 Å². The van der Waals surface area contributed by atoms with Crippen LogP contribution < -0.4 is 20.9 Å². The minimum absolute atomic E-state index is 0.128. The average molecular weight is 457 g/mol. The van der Waals surface area contributed by atoms with Crippen LogP contribution in [0.15, 0.2) is 66.7 Å². The van der Waals surface area contributed by atoms with E-state index in [1.165, 1.54) is 5.56 Å². The molecule has 6 heteroatoms. The maximum atomic E-state index is 13.2. The summed E-state index contributed by atoms with van der Waals surface area (Å²) in [7, 11) is 0. The summed E-state index contributed by atoms with van der Waals surface area (Å²) < 4.78 is 0. The van der Waals surface area contributed by atoms with Crippen LogP contribution in [0.1, 0.15) is 39.9 Å². The largest absolute Gasteiger partial charge is 0.371 e. The molecule has 0 radical (unpaired) electrons. The number of amides is 3. The Balaban J connectivity index is 1.47. The molecule has 0 aliphatic carbocycles. The summed E-state index contributed by atoms with van der Waals surface area (Å²) >= 11 is 0. The molecule has 3 aromatic rings. The molecule has 0 aromatic heterocycles. The second kappa shape index (κ2) is 10.9. The van der Waals surface area contributed by atoms with E-state index < -0.39 is 0 Å². The predicted octanol–water partition coefficient (Wildman–Crippen LogP) is 5.52. The first-order valence-corrected chi connectivity index (χ1v) is 11.9. The van der Waals surface area contributed by atoms with E-state index in [0.29, 0.717) is 17.8 Å². The van der Waals surface area contributed by atoms with Gasteiger partial charge in [-0.3, -0.25) is 4.79 Å². The molecule has 3 amide bonds. The third-order valence-electron chi connectivity index (χ3n) is 6.12. The highest BCUT2D eigenvalue weighted by molar-refractivity contribution is 6.04. The summed E-state index contributed by atoms with van der Waals surface area (Å²) in [5, 5.41) is 8.82. The average Bonchev–Trinajstić information content (AvgIpc) is 3.36. The maximum absolute atomic E-state index is 13.2. The molecular weight excluding hydrogens is 424 g/mol. The molecule has 1 heterocycles. The van der Waals surface area contributed by atoms with Gasteiger partial charge in [-0.25, -0.2) is 4.79 Å². The minimum atomic E-state index is -0.337. The van der Waals surface area contributed by atoms with E-state index in [2.05, 4.69) is 33.0 Å². The molecule has 6 nitrogen and oxygen atoms in total. The van der Waals surface area contributed by atoms with Crippen molar-refractivity contribution >= 4 is 29.0 Å². The Morgan fingerprint density at radius 3 is 2.38 bits per heavy atom. The van der Waals surface area contributed by atoms with Crippen LogP contribution in [0.2, 0.25) is 0 Å². The van der Waals surface area contributed by atoms with Gasteiger partial charge in [0.25, 0.3) is 5.91 Å². The molecule has 3 N–H and O–H groups in total. The standard InChI is InChI=1S/C28H32N4O2/c1-20-10-12-25(21(2)18-20)31-28(34)30-23-11-13-26(32-16-6-7-17-32)24(19-23)27(33)29-15-14-22-8-4-3-5-9-22/h3-5,8-13,18-19H,6-7,14-17H2,1-2H3,(H,29,33)(H2,30,31,34). The molecule has 1 aliphatic rings. The number of benzene rings is 3. The monoisotopic (exact) mass is 456 g/mol. The zero-order valence-electron chi connectivity index (χ0n) is 19.9. The van der Waals surface area contributed by atoms with Crippen LogP contribution in [0.3, 0.4) is 0 Å². The number of nitrogens with one attached hydrogen (secondary N) is 3. The Hall–Kier alpha value is -3.80. The van der Waals surface area contributed by atoms with Gasteiger partial charge in [0.2, 0.25) is 0 Å². The molecule has 176 valence electrons. The van der Waals surface area contributed by atoms with E-state index in [1.807, 2.05) is 62.4 Å². The smallest absolute Gasteiger partial charge is 0.323 e. The summed E-state index contributed by atoms with van der Waals surface area (Å²) in [5.74, 6) is -0.128. The van der Waals surface area contributed by atoms with Crippen molar-refractivity contribution in [1.82, 2.24) is 5.32 Å². The van der Waals surface area contributed by atoms with Crippen LogP contribution in [0.4, 0.5) is 21.9 Å². The fraction of sp³-hybridized carbons (Fsp3) is 0.286. The molecule has 3 aromatic carbocycles. The number of hydrogen-bond acceptors (Lipinski definition) is 3. The van der Waals surface area contributed by atoms with Gasteiger partial charge >= 0.3 is 6.03 Å². The van der Waals surface area contributed by atoms with Crippen molar-refractivity contribution in [2.45, 2.75) is 33.1 Å². The normalized spacial score (nSPS) is 12.9. The Morgan fingerprint density at radius 1 is 0.882 bits per heavy atom. The van der Waals surface area contributed by atoms with E-state index in [4.69, 9.17) is 0 Å². The summed E-state index contributed by atoms with van der Waals surface area (Å²) in [6.45, 7) is 6.40. The van der Waals surface area contributed by atoms with Crippen molar-refractivity contribution in [2.24, 2.45) is 0 Å². The summed E-state index contributed by atoms with van der Waals surface area (Å²) in [6.07, 6.45) is 3.00. The van der Waals surface area contributed by atoms with Gasteiger partial charge < -0.3 is 20.9 Å². The van der Waals surface area contributed by atoms with Crippen molar-refractivity contribution < 1.29 is 9.59 Å². The van der Waals surface area contributed by atoms with Crippen molar-refractivity contribution in [3.05, 3.63) is 89.0 Å². The highest BCUT2D eigenvalue weighted by Gasteiger charge is 2.20. The maximum Gasteiger partial charge on any atom is 0.323 e. The molecule has 1 aliphatic heterocycles. The van der Waals surface area contributed by atoms with Gasteiger partial charge in [0.1, 0.15) is 0 Å². The molecule has 0 unspecified atom stereocenters. The molecule has 0 atom stereocenters. The van der Waals surface area contributed by atoms with Gasteiger partial charge in [-0.1, -0.05) is 48.0 Å². The lowest BCUT2D eigenvalue weighted by molar-refractivity contribution is 0.0954. The Morgan fingerprint density at radius 2 is 1.65 bits per heavy atom. The number of hydrogen-bond donors (Lipinski definition) is 3. The lowest BCUT2D eigenvalue weighted by Gasteiger charge is -2.22. The number of aryl methyl sites for hydroxylation is 2. The number of carbonyl (C=O) groups excluding carboxylic acids is 2. The lowest BCUT2D eigenvalue weighted by atomic mass is 10.1. The molecule has 0 spiro atoms. The highest BCUT2D eigenvalue weighted by atomic mass is 16.2. The van der Waals surface area contributed by atoms with E-state index in [1.54, 1.807) is 6.07 Å². The van der Waals surface area contributed by atoms with Gasteiger partial charge in [0.05, 0.1) is 5.56 Å². The SMILES string of the molecule is Cc1ccc(NC(=O)Nc2ccc(N3CCCC3)c(C(=O)NCCc3ccccc3)c2)c(C)c1. The van der Waals surface area contributed by atoms with Gasteiger partial charge in [0, 0.05) is 36.7 Å². The van der Waals surface area contributed by atoms with E-state index >= 15 is 0 Å². The van der Waals surface area contributed by atoms with Gasteiger partial charge in [-0.05, 0) is 68.5 Å². The topological polar surface area (TPSA) is 73.5 Å². The first-order valence-electron chi connectivity index (χ1n) is 11.9. The number of anilines is 3. The van der Waals surface area contributed by atoms with Crippen molar-refractivity contribution in [2.75, 3.05) is 35.2 Å². The molecule has 0 bridgehead atoms. The summed E-state index contributed by atoms with van der Waals surface area (Å²) in [5.41, 5.74) is 6.16. The molecule has 34 heavy (non-hydrogen) atoms. The highest BCUT2D eigenvalue weighted by Crippen LogP contribution is 2.28. The second-order valence-corrected chi connectivity index (χ2v) is 8.82. The van der Waals surface area contributed by atoms with Crippen LogP contribution in [0.25, 0.3) is 0 Å². The van der Waals surface area contributed by atoms with Crippen LogP contribution in [-0.2, 0) is 6.42 Å². The van der Waals surface area contributed by atoms with Gasteiger partial charge in [-0.2, -0.15) is 0 Å². The van der Waals surface area contributed by atoms with Crippen molar-refractivity contribution in [3.63, 3.8) is 0 Å². The Kier molecular flexibility index (Phi) is 7.48. The minimum Gasteiger partial charge on any atom is -0.371 e. The molecular formula is C28H32N4O2. The summed E-state index contributed by atoms with van der Waals surface area (Å²) in [6, 6.07) is 21.2. The first kappa shape index (κ1) is 23.4. The van der Waals surface area contributed by atoms with Gasteiger partial charge in [0.15, 0.2) is 0 Å². The van der Waals surface area contributed by atoms with Gasteiger partial charge in [-0.15, -0.1) is 0 Å². The third-order valence-corrected chi connectivity index (χ3v) is 6.12. The Bertz CT molecular complexity index is 1150. The van der Waals surface area contributed by atoms with Crippen LogP contribution in [0, 0.1) is 13.8 Å². The molecule has 1 saturated heterocycles. The molecule has 0 saturated carbocycles. The lowest BCUT2D eigenvalue weighted by Crippen LogP contribution is -2.29. The van der Waals surface area contributed by atoms with E-state index in [9.17, 15) is 9.59 Å². The molecule has 4 rings (SSSR count). The quantitative estimate of drug-likeness (QED) is 0.438. The van der Waals surface area contributed by atoms with Crippen molar-refractivity contribution in [3.8, 4) is 0 Å².